The van der Waals surface area contributed by atoms with Crippen molar-refractivity contribution in [3.05, 3.63) is 108 Å². The molecule has 5 nitrogen and oxygen atoms in total. The molecule has 0 spiro atoms. The van der Waals surface area contributed by atoms with Crippen LogP contribution >= 0.6 is 0 Å². The molecule has 0 bridgehead atoms. The number of carbonyl (C=O) groups excluding carboxylic acids is 2. The molecule has 0 aliphatic heterocycles. The van der Waals surface area contributed by atoms with Crippen molar-refractivity contribution >= 4 is 28.3 Å². The number of hydrogen-bond donors (Lipinski definition) is 2. The van der Waals surface area contributed by atoms with E-state index in [9.17, 15) is 9.59 Å². The van der Waals surface area contributed by atoms with Gasteiger partial charge in [0, 0.05) is 6.54 Å². The van der Waals surface area contributed by atoms with Gasteiger partial charge in [0.25, 0.3) is 11.8 Å². The van der Waals surface area contributed by atoms with Gasteiger partial charge < -0.3 is 15.4 Å². The van der Waals surface area contributed by atoms with E-state index in [0.29, 0.717) is 30.0 Å². The number of carbonyl (C=O) groups is 2. The molecule has 0 saturated heterocycles. The summed E-state index contributed by atoms with van der Waals surface area (Å²) in [5.41, 5.74) is 2.04. The van der Waals surface area contributed by atoms with Crippen LogP contribution in [0.4, 0.5) is 5.69 Å². The highest BCUT2D eigenvalue weighted by Gasteiger charge is 2.21. The zero-order chi connectivity index (χ0) is 23.8. The summed E-state index contributed by atoms with van der Waals surface area (Å²) < 4.78 is 6.01. The van der Waals surface area contributed by atoms with Crippen molar-refractivity contribution in [3.63, 3.8) is 0 Å². The van der Waals surface area contributed by atoms with Gasteiger partial charge in [-0.15, -0.1) is 0 Å². The van der Waals surface area contributed by atoms with Gasteiger partial charge in [-0.25, -0.2) is 0 Å². The molecular formula is C29H28N2O3. The fraction of sp³-hybridized carbons (Fsp3) is 0.172. The molecule has 0 radical (unpaired) electrons. The Hall–Kier alpha value is -4.12. The van der Waals surface area contributed by atoms with Gasteiger partial charge in [-0.2, -0.15) is 0 Å². The molecule has 1 unspecified atom stereocenters. The molecule has 4 rings (SSSR count). The molecule has 2 amide bonds. The van der Waals surface area contributed by atoms with Gasteiger partial charge in [0.1, 0.15) is 5.75 Å². The molecule has 172 valence electrons. The van der Waals surface area contributed by atoms with Gasteiger partial charge in [0.15, 0.2) is 6.10 Å². The van der Waals surface area contributed by atoms with Crippen LogP contribution in [0.3, 0.4) is 0 Å². The van der Waals surface area contributed by atoms with Gasteiger partial charge in [-0.3, -0.25) is 9.59 Å². The SMILES string of the molecule is CCC(Oc1ccc2ccccc2c1)C(=O)Nc1ccccc1C(=O)NCCc1ccccc1. The third kappa shape index (κ3) is 5.81. The highest BCUT2D eigenvalue weighted by molar-refractivity contribution is 6.04. The minimum absolute atomic E-state index is 0.227. The maximum Gasteiger partial charge on any atom is 0.265 e. The normalized spacial score (nSPS) is 11.6. The fourth-order valence-corrected chi connectivity index (χ4v) is 3.79. The molecule has 34 heavy (non-hydrogen) atoms. The number of benzene rings is 4. The molecule has 0 saturated carbocycles. The predicted octanol–water partition coefficient (Wildman–Crippen LogP) is 5.61. The average Bonchev–Trinajstić information content (AvgIpc) is 2.88. The summed E-state index contributed by atoms with van der Waals surface area (Å²) in [4.78, 5) is 25.8. The Bertz CT molecular complexity index is 1270. The number of ether oxygens (including phenoxy) is 1. The van der Waals surface area contributed by atoms with E-state index in [2.05, 4.69) is 10.6 Å². The minimum Gasteiger partial charge on any atom is -0.481 e. The number of nitrogens with one attached hydrogen (secondary N) is 2. The third-order valence-corrected chi connectivity index (χ3v) is 5.63. The van der Waals surface area contributed by atoms with Crippen molar-refractivity contribution in [2.75, 3.05) is 11.9 Å². The van der Waals surface area contributed by atoms with Crippen LogP contribution in [0.15, 0.2) is 97.1 Å². The summed E-state index contributed by atoms with van der Waals surface area (Å²) in [6, 6.07) is 30.8. The Morgan fingerprint density at radius 1 is 0.824 bits per heavy atom. The van der Waals surface area contributed by atoms with E-state index in [4.69, 9.17) is 4.74 Å². The highest BCUT2D eigenvalue weighted by atomic mass is 16.5. The number of hydrogen-bond acceptors (Lipinski definition) is 3. The lowest BCUT2D eigenvalue weighted by atomic mass is 10.1. The van der Waals surface area contributed by atoms with Crippen LogP contribution < -0.4 is 15.4 Å². The summed E-state index contributed by atoms with van der Waals surface area (Å²) in [6.45, 7) is 2.40. The van der Waals surface area contributed by atoms with Crippen LogP contribution in [0.25, 0.3) is 10.8 Å². The first kappa shape index (κ1) is 23.1. The molecule has 5 heteroatoms. The van der Waals surface area contributed by atoms with Crippen LogP contribution in [0, 0.1) is 0 Å². The number of fused-ring (bicyclic) bond motifs is 1. The molecule has 0 fully saturated rings. The van der Waals surface area contributed by atoms with Gasteiger partial charge in [-0.05, 0) is 53.4 Å². The zero-order valence-electron chi connectivity index (χ0n) is 19.2. The van der Waals surface area contributed by atoms with Crippen molar-refractivity contribution in [2.45, 2.75) is 25.9 Å². The van der Waals surface area contributed by atoms with E-state index in [1.807, 2.05) is 79.7 Å². The van der Waals surface area contributed by atoms with Crippen molar-refractivity contribution in [2.24, 2.45) is 0 Å². The minimum atomic E-state index is -0.685. The topological polar surface area (TPSA) is 67.4 Å². The van der Waals surface area contributed by atoms with Crippen molar-refractivity contribution in [3.8, 4) is 5.75 Å². The van der Waals surface area contributed by atoms with E-state index in [1.54, 1.807) is 24.3 Å². The summed E-state index contributed by atoms with van der Waals surface area (Å²) >= 11 is 0. The molecule has 0 aliphatic carbocycles. The molecule has 4 aromatic carbocycles. The van der Waals surface area contributed by atoms with Crippen LogP contribution in [-0.2, 0) is 11.2 Å². The second-order valence-electron chi connectivity index (χ2n) is 8.05. The number of rotatable bonds is 9. The van der Waals surface area contributed by atoms with Crippen LogP contribution in [0.2, 0.25) is 0 Å². The summed E-state index contributed by atoms with van der Waals surface area (Å²) in [6.07, 6.45) is 0.540. The van der Waals surface area contributed by atoms with Gasteiger partial charge in [0.2, 0.25) is 0 Å². The molecule has 0 heterocycles. The average molecular weight is 453 g/mol. The Morgan fingerprint density at radius 3 is 2.32 bits per heavy atom. The smallest absolute Gasteiger partial charge is 0.265 e. The molecule has 0 aliphatic rings. The van der Waals surface area contributed by atoms with Gasteiger partial charge in [-0.1, -0.05) is 79.7 Å². The highest BCUT2D eigenvalue weighted by Crippen LogP contribution is 2.23. The Kier molecular flexibility index (Phi) is 7.56. The number of anilines is 1. The molecule has 0 aromatic heterocycles. The monoisotopic (exact) mass is 452 g/mol. The first-order chi connectivity index (χ1) is 16.6. The molecule has 2 N–H and O–H groups in total. The Labute approximate surface area is 199 Å². The third-order valence-electron chi connectivity index (χ3n) is 5.63. The molecule has 4 aromatic rings. The van der Waals surface area contributed by atoms with Crippen LogP contribution in [-0.4, -0.2) is 24.5 Å². The molecular weight excluding hydrogens is 424 g/mol. The van der Waals surface area contributed by atoms with Crippen LogP contribution in [0.1, 0.15) is 29.3 Å². The number of amides is 2. The quantitative estimate of drug-likeness (QED) is 0.347. The summed E-state index contributed by atoms with van der Waals surface area (Å²) in [5, 5.41) is 7.98. The number of para-hydroxylation sites is 1. The summed E-state index contributed by atoms with van der Waals surface area (Å²) in [7, 11) is 0. The van der Waals surface area contributed by atoms with E-state index >= 15 is 0 Å². The van der Waals surface area contributed by atoms with E-state index in [-0.39, 0.29) is 11.8 Å². The maximum absolute atomic E-state index is 13.0. The largest absolute Gasteiger partial charge is 0.481 e. The second kappa shape index (κ2) is 11.1. The zero-order valence-corrected chi connectivity index (χ0v) is 19.2. The van der Waals surface area contributed by atoms with E-state index < -0.39 is 6.10 Å². The summed E-state index contributed by atoms with van der Waals surface area (Å²) in [5.74, 6) is 0.114. The standard InChI is InChI=1S/C29H28N2O3/c1-2-27(34-24-17-16-22-12-6-7-13-23(22)20-24)29(33)31-26-15-9-8-14-25(26)28(32)30-19-18-21-10-4-3-5-11-21/h3-17,20,27H,2,18-19H2,1H3,(H,30,32)(H,31,33). The van der Waals surface area contributed by atoms with Crippen molar-refractivity contribution in [1.29, 1.82) is 0 Å². The van der Waals surface area contributed by atoms with Crippen molar-refractivity contribution in [1.82, 2.24) is 5.32 Å². The van der Waals surface area contributed by atoms with E-state index in [1.165, 1.54) is 0 Å². The maximum atomic E-state index is 13.0. The Balaban J connectivity index is 1.40. The van der Waals surface area contributed by atoms with Gasteiger partial charge >= 0.3 is 0 Å². The predicted molar refractivity (Wildman–Crippen MR) is 136 cm³/mol. The lowest BCUT2D eigenvalue weighted by molar-refractivity contribution is -0.122. The van der Waals surface area contributed by atoms with Crippen LogP contribution in [0.5, 0.6) is 5.75 Å². The Morgan fingerprint density at radius 2 is 1.53 bits per heavy atom. The lowest BCUT2D eigenvalue weighted by Crippen LogP contribution is -2.33. The van der Waals surface area contributed by atoms with Crippen molar-refractivity contribution < 1.29 is 14.3 Å². The van der Waals surface area contributed by atoms with Gasteiger partial charge in [0.05, 0.1) is 11.3 Å². The first-order valence-electron chi connectivity index (χ1n) is 11.5. The molecule has 1 atom stereocenters. The fourth-order valence-electron chi connectivity index (χ4n) is 3.79. The second-order valence-corrected chi connectivity index (χ2v) is 8.05. The first-order valence-corrected chi connectivity index (χ1v) is 11.5. The van der Waals surface area contributed by atoms with E-state index in [0.717, 1.165) is 22.8 Å². The lowest BCUT2D eigenvalue weighted by Gasteiger charge is -2.19.